The van der Waals surface area contributed by atoms with Gasteiger partial charge in [-0.2, -0.15) is 0 Å². The summed E-state index contributed by atoms with van der Waals surface area (Å²) >= 11 is 11.9. The number of hydrogen-bond acceptors (Lipinski definition) is 3. The van der Waals surface area contributed by atoms with Crippen LogP contribution in [0.2, 0.25) is 10.0 Å². The van der Waals surface area contributed by atoms with E-state index in [2.05, 4.69) is 0 Å². The van der Waals surface area contributed by atoms with Gasteiger partial charge >= 0.3 is 0 Å². The minimum absolute atomic E-state index is 0.0363. The number of ether oxygens (including phenoxy) is 1. The maximum absolute atomic E-state index is 12.6. The van der Waals surface area contributed by atoms with Crippen LogP contribution in [0.25, 0.3) is 11.3 Å². The third kappa shape index (κ3) is 3.54. The molecule has 0 unspecified atom stereocenters. The van der Waals surface area contributed by atoms with E-state index in [1.807, 2.05) is 24.3 Å². The van der Waals surface area contributed by atoms with Gasteiger partial charge < -0.3 is 13.9 Å². The third-order valence-electron chi connectivity index (χ3n) is 4.15. The van der Waals surface area contributed by atoms with Gasteiger partial charge in [-0.05, 0) is 30.3 Å². The van der Waals surface area contributed by atoms with E-state index in [1.54, 1.807) is 47.7 Å². The molecule has 0 aliphatic heterocycles. The molecule has 0 saturated carbocycles. The van der Waals surface area contributed by atoms with Crippen molar-refractivity contribution in [2.45, 2.75) is 6.54 Å². The maximum Gasteiger partial charge on any atom is 0.202 e. The number of carbonyl (C=O) groups excluding carboxylic acids is 1. The van der Waals surface area contributed by atoms with Gasteiger partial charge in [0.2, 0.25) is 5.62 Å². The molecule has 3 aromatic rings. The second kappa shape index (κ2) is 7.40. The molecule has 0 atom stereocenters. The van der Waals surface area contributed by atoms with E-state index in [4.69, 9.17) is 33.3 Å². The van der Waals surface area contributed by atoms with Crippen LogP contribution in [0.15, 0.2) is 48.7 Å². The first-order chi connectivity index (χ1) is 12.4. The lowest BCUT2D eigenvalue weighted by molar-refractivity contribution is 0.0970. The Morgan fingerprint density at radius 1 is 1.15 bits per heavy atom. The summed E-state index contributed by atoms with van der Waals surface area (Å²) in [6, 6.07) is 12.3. The Kier molecular flexibility index (Phi) is 5.20. The molecular formula is C19H17Cl2N3O2. The summed E-state index contributed by atoms with van der Waals surface area (Å²) in [6.07, 6.45) is 1.78. The summed E-state index contributed by atoms with van der Waals surface area (Å²) in [4.78, 5) is 12.6. The molecule has 1 aromatic heterocycles. The molecule has 3 rings (SSSR count). The van der Waals surface area contributed by atoms with Gasteiger partial charge in [-0.25, -0.2) is 0 Å². The van der Waals surface area contributed by atoms with Gasteiger partial charge in [-0.3, -0.25) is 10.2 Å². The predicted molar refractivity (Wildman–Crippen MR) is 102 cm³/mol. The number of rotatable bonds is 5. The van der Waals surface area contributed by atoms with E-state index in [0.717, 1.165) is 17.0 Å². The summed E-state index contributed by atoms with van der Waals surface area (Å²) in [5, 5.41) is 9.02. The Balaban J connectivity index is 1.93. The molecule has 5 nitrogen and oxygen atoms in total. The topological polar surface area (TPSA) is 60.0 Å². The number of aromatic nitrogens is 2. The fraction of sp³-hybridized carbons (Fsp3) is 0.158. The first-order valence-corrected chi connectivity index (χ1v) is 8.59. The van der Waals surface area contributed by atoms with E-state index >= 15 is 0 Å². The SMILES string of the molecule is COc1cccc(-c2cn(CC(=O)c3ccc(Cl)c(Cl)c3)c(=N)n2C)c1. The lowest BCUT2D eigenvalue weighted by Crippen LogP contribution is -2.25. The molecule has 26 heavy (non-hydrogen) atoms. The summed E-state index contributed by atoms with van der Waals surface area (Å²) in [6.45, 7) is 0.0363. The standard InChI is InChI=1S/C19H17Cl2N3O2/c1-23-17(12-4-3-5-14(8-12)26-2)10-24(19(23)22)11-18(25)13-6-7-15(20)16(21)9-13/h3-10,22H,11H2,1-2H3. The fourth-order valence-electron chi connectivity index (χ4n) is 2.69. The highest BCUT2D eigenvalue weighted by molar-refractivity contribution is 6.42. The van der Waals surface area contributed by atoms with Gasteiger partial charge in [0.1, 0.15) is 5.75 Å². The Bertz CT molecular complexity index is 1040. The molecule has 0 saturated heterocycles. The van der Waals surface area contributed by atoms with Crippen molar-refractivity contribution in [1.29, 1.82) is 5.41 Å². The summed E-state index contributed by atoms with van der Waals surface area (Å²) < 4.78 is 8.57. The molecule has 1 N–H and O–H groups in total. The zero-order valence-corrected chi connectivity index (χ0v) is 15.8. The van der Waals surface area contributed by atoms with Gasteiger partial charge in [0, 0.05) is 24.4 Å². The highest BCUT2D eigenvalue weighted by Gasteiger charge is 2.13. The average Bonchev–Trinajstić information content (AvgIpc) is 2.92. The quantitative estimate of drug-likeness (QED) is 0.665. The number of methoxy groups -OCH3 is 1. The number of nitrogens with zero attached hydrogens (tertiary/aromatic N) is 2. The highest BCUT2D eigenvalue weighted by atomic mass is 35.5. The van der Waals surface area contributed by atoms with Crippen LogP contribution in [-0.2, 0) is 13.6 Å². The number of hydrogen-bond donors (Lipinski definition) is 1. The van der Waals surface area contributed by atoms with Crippen LogP contribution in [-0.4, -0.2) is 22.0 Å². The molecule has 7 heteroatoms. The van der Waals surface area contributed by atoms with Crippen molar-refractivity contribution in [3.63, 3.8) is 0 Å². The second-order valence-corrected chi connectivity index (χ2v) is 6.62. The summed E-state index contributed by atoms with van der Waals surface area (Å²) in [5.41, 5.74) is 2.39. The molecule has 0 amide bonds. The largest absolute Gasteiger partial charge is 0.497 e. The van der Waals surface area contributed by atoms with Crippen LogP contribution < -0.4 is 10.4 Å². The second-order valence-electron chi connectivity index (χ2n) is 5.81. The van der Waals surface area contributed by atoms with Crippen LogP contribution in [0.3, 0.4) is 0 Å². The van der Waals surface area contributed by atoms with Crippen molar-refractivity contribution in [2.75, 3.05) is 7.11 Å². The molecule has 134 valence electrons. The minimum atomic E-state index is -0.148. The number of benzene rings is 2. The number of Topliss-reactive ketones (excluding diaryl/α,β-unsaturated/α-hetero) is 1. The molecule has 0 bridgehead atoms. The van der Waals surface area contributed by atoms with E-state index < -0.39 is 0 Å². The Morgan fingerprint density at radius 2 is 1.92 bits per heavy atom. The van der Waals surface area contributed by atoms with Crippen molar-refractivity contribution >= 4 is 29.0 Å². The third-order valence-corrected chi connectivity index (χ3v) is 4.89. The van der Waals surface area contributed by atoms with Gasteiger partial charge in [-0.1, -0.05) is 35.3 Å². The Hall–Kier alpha value is -2.50. The van der Waals surface area contributed by atoms with Crippen molar-refractivity contribution in [3.05, 3.63) is 69.9 Å². The fourth-order valence-corrected chi connectivity index (χ4v) is 2.99. The van der Waals surface area contributed by atoms with Gasteiger partial charge in [0.15, 0.2) is 5.78 Å². The normalized spacial score (nSPS) is 10.8. The lowest BCUT2D eigenvalue weighted by atomic mass is 10.1. The van der Waals surface area contributed by atoms with Crippen molar-refractivity contribution < 1.29 is 9.53 Å². The summed E-state index contributed by atoms with van der Waals surface area (Å²) in [7, 11) is 3.40. The number of halogens is 2. The molecule has 1 heterocycles. The molecule has 0 aliphatic rings. The monoisotopic (exact) mass is 389 g/mol. The Labute approximate surface area is 160 Å². The zero-order valence-electron chi connectivity index (χ0n) is 14.3. The number of ketones is 1. The van der Waals surface area contributed by atoms with Gasteiger partial charge in [0.25, 0.3) is 0 Å². The van der Waals surface area contributed by atoms with Crippen LogP contribution in [0.1, 0.15) is 10.4 Å². The van der Waals surface area contributed by atoms with Crippen molar-refractivity contribution in [1.82, 2.24) is 9.13 Å². The van der Waals surface area contributed by atoms with Crippen LogP contribution in [0.4, 0.5) is 0 Å². The number of nitrogens with one attached hydrogen (secondary N) is 1. The van der Waals surface area contributed by atoms with E-state index in [0.29, 0.717) is 15.6 Å². The highest BCUT2D eigenvalue weighted by Crippen LogP contribution is 2.24. The van der Waals surface area contributed by atoms with Crippen molar-refractivity contribution in [3.8, 4) is 17.0 Å². The minimum Gasteiger partial charge on any atom is -0.497 e. The molecule has 2 aromatic carbocycles. The smallest absolute Gasteiger partial charge is 0.202 e. The van der Waals surface area contributed by atoms with Gasteiger partial charge in [-0.15, -0.1) is 0 Å². The zero-order chi connectivity index (χ0) is 18.8. The maximum atomic E-state index is 12.6. The first-order valence-electron chi connectivity index (χ1n) is 7.84. The van der Waals surface area contributed by atoms with E-state index in [1.165, 1.54) is 0 Å². The number of carbonyl (C=O) groups is 1. The molecule has 0 radical (unpaired) electrons. The predicted octanol–water partition coefficient (Wildman–Crippen LogP) is 4.17. The van der Waals surface area contributed by atoms with Gasteiger partial charge in [0.05, 0.1) is 29.4 Å². The average molecular weight is 390 g/mol. The van der Waals surface area contributed by atoms with E-state index in [9.17, 15) is 4.79 Å². The van der Waals surface area contributed by atoms with E-state index in [-0.39, 0.29) is 17.9 Å². The molecule has 0 spiro atoms. The van der Waals surface area contributed by atoms with Crippen LogP contribution >= 0.6 is 23.2 Å². The molecule has 0 aliphatic carbocycles. The number of imidazole rings is 1. The Morgan fingerprint density at radius 3 is 2.62 bits per heavy atom. The first kappa shape index (κ1) is 18.3. The van der Waals surface area contributed by atoms with Crippen molar-refractivity contribution in [2.24, 2.45) is 7.05 Å². The molecular weight excluding hydrogens is 373 g/mol. The molecule has 0 fully saturated rings. The van der Waals surface area contributed by atoms with Crippen LogP contribution in [0.5, 0.6) is 5.75 Å². The lowest BCUT2D eigenvalue weighted by Gasteiger charge is -2.04. The van der Waals surface area contributed by atoms with Crippen LogP contribution in [0, 0.1) is 5.41 Å². The summed E-state index contributed by atoms with van der Waals surface area (Å²) in [5.74, 6) is 0.582.